The average molecular weight is 772 g/mol. The third-order valence-electron chi connectivity index (χ3n) is 7.48. The highest BCUT2D eigenvalue weighted by molar-refractivity contribution is 6.16. The fraction of sp³-hybridized carbons (Fsp3) is 0.176. The third kappa shape index (κ3) is 8.85. The molecule has 6 aromatic heterocycles. The second-order valence-electron chi connectivity index (χ2n) is 10.6. The number of hydrogen-bond acceptors (Lipinski definition) is 16. The van der Waals surface area contributed by atoms with E-state index in [1.165, 1.54) is 12.7 Å². The van der Waals surface area contributed by atoms with Gasteiger partial charge in [0.15, 0.2) is 23.0 Å². The first kappa shape index (κ1) is 38.6. The zero-order chi connectivity index (χ0) is 37.0. The average Bonchev–Trinajstić information content (AvgIpc) is 3.93. The molecule has 1 N–H and O–H groups in total. The molecular weight excluding hydrogens is 739 g/mol. The Morgan fingerprint density at radius 2 is 1.20 bits per heavy atom. The summed E-state index contributed by atoms with van der Waals surface area (Å²) in [5, 5.41) is 27.3. The largest absolute Gasteiger partial charge is 0.493 e. The number of ether oxygens (including phenoxy) is 4. The van der Waals surface area contributed by atoms with Gasteiger partial charge in [-0.1, -0.05) is 12.1 Å². The molecule has 2 aromatic carbocycles. The molecule has 0 amide bonds. The summed E-state index contributed by atoms with van der Waals surface area (Å²) < 4.78 is 22.9. The van der Waals surface area contributed by atoms with Crippen molar-refractivity contribution >= 4 is 45.8 Å². The second-order valence-corrected chi connectivity index (χ2v) is 10.8. The SMILES string of the molecule is COc1cc2ncnc(-c3nn[nH]n3)c2cc1OC.COc1cc2ncnc(-c3nnnn3Cc3ccccn3)c2cc1OC.Cl.ClCc1ccccn1. The molecule has 0 saturated carbocycles. The van der Waals surface area contributed by atoms with Gasteiger partial charge in [-0.15, -0.1) is 39.3 Å². The molecule has 0 saturated heterocycles. The minimum Gasteiger partial charge on any atom is -0.493 e. The second kappa shape index (κ2) is 18.7. The van der Waals surface area contributed by atoms with E-state index in [4.69, 9.17) is 30.5 Å². The summed E-state index contributed by atoms with van der Waals surface area (Å²) in [7, 11) is 6.31. The van der Waals surface area contributed by atoms with Crippen molar-refractivity contribution in [1.29, 1.82) is 0 Å². The third-order valence-corrected chi connectivity index (χ3v) is 7.76. The van der Waals surface area contributed by atoms with Gasteiger partial charge < -0.3 is 18.9 Å². The molecular formula is C34H32Cl2N14O4. The molecule has 20 heteroatoms. The lowest BCUT2D eigenvalue weighted by Crippen LogP contribution is -2.07. The summed E-state index contributed by atoms with van der Waals surface area (Å²) in [4.78, 5) is 25.4. The highest BCUT2D eigenvalue weighted by Crippen LogP contribution is 2.35. The molecule has 0 unspecified atom stereocenters. The Kier molecular flexibility index (Phi) is 13.4. The molecule has 0 radical (unpaired) electrons. The van der Waals surface area contributed by atoms with E-state index < -0.39 is 0 Å². The maximum atomic E-state index is 5.46. The van der Waals surface area contributed by atoms with Crippen molar-refractivity contribution in [3.05, 3.63) is 97.1 Å². The van der Waals surface area contributed by atoms with Crippen LogP contribution in [0.5, 0.6) is 23.0 Å². The Morgan fingerprint density at radius 1 is 0.648 bits per heavy atom. The number of alkyl halides is 1. The number of benzene rings is 2. The van der Waals surface area contributed by atoms with E-state index in [2.05, 4.69) is 66.1 Å². The molecule has 0 spiro atoms. The van der Waals surface area contributed by atoms with E-state index in [0.29, 0.717) is 69.5 Å². The molecule has 0 fully saturated rings. The van der Waals surface area contributed by atoms with Crippen LogP contribution in [0.4, 0.5) is 0 Å². The quantitative estimate of drug-likeness (QED) is 0.195. The molecule has 0 aliphatic rings. The Labute approximate surface area is 318 Å². The number of halogens is 2. The van der Waals surface area contributed by atoms with E-state index in [9.17, 15) is 0 Å². The topological polar surface area (TPSA) is 212 Å². The Bertz CT molecular complexity index is 2390. The molecule has 54 heavy (non-hydrogen) atoms. The summed E-state index contributed by atoms with van der Waals surface area (Å²) in [5.41, 5.74) is 4.39. The lowest BCUT2D eigenvalue weighted by Gasteiger charge is -2.10. The van der Waals surface area contributed by atoms with Gasteiger partial charge in [0.05, 0.1) is 63.3 Å². The van der Waals surface area contributed by atoms with Crippen molar-refractivity contribution in [3.63, 3.8) is 0 Å². The molecule has 0 aliphatic heterocycles. The highest BCUT2D eigenvalue weighted by Gasteiger charge is 2.18. The van der Waals surface area contributed by atoms with Crippen molar-refractivity contribution in [2.45, 2.75) is 12.4 Å². The molecule has 6 heterocycles. The Morgan fingerprint density at radius 3 is 1.70 bits per heavy atom. The van der Waals surface area contributed by atoms with Crippen molar-refractivity contribution in [2.24, 2.45) is 0 Å². The van der Waals surface area contributed by atoms with E-state index in [0.717, 1.165) is 22.2 Å². The van der Waals surface area contributed by atoms with Gasteiger partial charge >= 0.3 is 0 Å². The van der Waals surface area contributed by atoms with Crippen LogP contribution >= 0.6 is 24.0 Å². The summed E-state index contributed by atoms with van der Waals surface area (Å²) in [5.74, 6) is 3.80. The number of aromatic nitrogens is 14. The number of rotatable bonds is 9. The molecule has 276 valence electrons. The van der Waals surface area contributed by atoms with Gasteiger partial charge in [0.25, 0.3) is 0 Å². The van der Waals surface area contributed by atoms with Crippen LogP contribution in [0.2, 0.25) is 0 Å². The standard InChI is InChI=1S/C17H15N7O2.C11H10N6O2.C6H6ClN.ClH/c1-25-14-7-12-13(8-15(14)26-2)19-10-20-16(12)17-21-22-23-24(17)9-11-5-3-4-6-18-11;1-18-8-3-6-7(4-9(8)19-2)12-5-13-10(6)11-14-16-17-15-11;7-5-6-3-1-2-4-8-6;/h3-8,10H,9H2,1-2H3;3-5H,1-2H3,(H,14,15,16,17);1-4H,5H2;1H. The Hall–Kier alpha value is -6.66. The maximum Gasteiger partial charge on any atom is 0.223 e. The number of tetrazole rings is 2. The first-order chi connectivity index (χ1) is 26.1. The van der Waals surface area contributed by atoms with E-state index in [-0.39, 0.29) is 12.4 Å². The Balaban J connectivity index is 0.000000175. The van der Waals surface area contributed by atoms with Crippen molar-refractivity contribution in [3.8, 4) is 46.0 Å². The first-order valence-corrected chi connectivity index (χ1v) is 16.2. The normalized spacial score (nSPS) is 10.3. The number of hydrogen-bond donors (Lipinski definition) is 1. The number of nitrogens with zero attached hydrogens (tertiary/aromatic N) is 13. The van der Waals surface area contributed by atoms with Crippen molar-refractivity contribution < 1.29 is 18.9 Å². The van der Waals surface area contributed by atoms with Crippen LogP contribution in [0, 0.1) is 0 Å². The van der Waals surface area contributed by atoms with Gasteiger partial charge in [-0.05, 0) is 52.0 Å². The first-order valence-electron chi connectivity index (χ1n) is 15.7. The summed E-state index contributed by atoms with van der Waals surface area (Å²) in [6.45, 7) is 0.432. The fourth-order valence-corrected chi connectivity index (χ4v) is 5.15. The van der Waals surface area contributed by atoms with Crippen LogP contribution in [-0.4, -0.2) is 99.2 Å². The predicted octanol–water partition coefficient (Wildman–Crippen LogP) is 4.81. The van der Waals surface area contributed by atoms with E-state index in [1.54, 1.807) is 63.7 Å². The molecule has 0 bridgehead atoms. The van der Waals surface area contributed by atoms with Crippen LogP contribution < -0.4 is 18.9 Å². The number of H-pyrrole nitrogens is 1. The van der Waals surface area contributed by atoms with Crippen molar-refractivity contribution in [1.82, 2.24) is 70.7 Å². The minimum absolute atomic E-state index is 0. The molecule has 8 aromatic rings. The predicted molar refractivity (Wildman–Crippen MR) is 200 cm³/mol. The van der Waals surface area contributed by atoms with Gasteiger partial charge in [-0.3, -0.25) is 9.97 Å². The fourth-order valence-electron chi connectivity index (χ4n) is 4.99. The monoisotopic (exact) mass is 770 g/mol. The molecule has 0 aliphatic carbocycles. The van der Waals surface area contributed by atoms with Crippen LogP contribution in [0.25, 0.3) is 44.8 Å². The summed E-state index contributed by atoms with van der Waals surface area (Å²) in [6, 6.07) is 18.6. The van der Waals surface area contributed by atoms with Crippen LogP contribution in [-0.2, 0) is 12.4 Å². The number of nitrogens with one attached hydrogen (secondary N) is 1. The van der Waals surface area contributed by atoms with Gasteiger partial charge in [-0.2, -0.15) is 5.21 Å². The molecule has 0 atom stereocenters. The lowest BCUT2D eigenvalue weighted by molar-refractivity contribution is 0.356. The summed E-state index contributed by atoms with van der Waals surface area (Å²) >= 11 is 5.46. The summed E-state index contributed by atoms with van der Waals surface area (Å²) in [6.07, 6.45) is 6.39. The molecule has 18 nitrogen and oxygen atoms in total. The van der Waals surface area contributed by atoms with Gasteiger partial charge in [0, 0.05) is 35.3 Å². The van der Waals surface area contributed by atoms with Gasteiger partial charge in [0.2, 0.25) is 11.6 Å². The van der Waals surface area contributed by atoms with E-state index >= 15 is 0 Å². The van der Waals surface area contributed by atoms with Gasteiger partial charge in [0.1, 0.15) is 24.0 Å². The lowest BCUT2D eigenvalue weighted by atomic mass is 10.1. The smallest absolute Gasteiger partial charge is 0.223 e. The zero-order valence-corrected chi connectivity index (χ0v) is 30.8. The van der Waals surface area contributed by atoms with Crippen LogP contribution in [0.15, 0.2) is 85.7 Å². The number of aromatic amines is 1. The number of pyridine rings is 2. The van der Waals surface area contributed by atoms with Gasteiger partial charge in [-0.25, -0.2) is 24.6 Å². The van der Waals surface area contributed by atoms with Crippen LogP contribution in [0.3, 0.4) is 0 Å². The maximum absolute atomic E-state index is 5.46. The molecule has 8 rings (SSSR count). The van der Waals surface area contributed by atoms with Crippen LogP contribution in [0.1, 0.15) is 11.4 Å². The zero-order valence-electron chi connectivity index (χ0n) is 29.2. The number of fused-ring (bicyclic) bond motifs is 2. The van der Waals surface area contributed by atoms with E-state index in [1.807, 2.05) is 42.5 Å². The van der Waals surface area contributed by atoms with Crippen molar-refractivity contribution in [2.75, 3.05) is 28.4 Å². The minimum atomic E-state index is 0. The number of methoxy groups -OCH3 is 4. The highest BCUT2D eigenvalue weighted by atomic mass is 35.5.